The lowest BCUT2D eigenvalue weighted by Crippen LogP contribution is -2.60. The van der Waals surface area contributed by atoms with Crippen LogP contribution in [0.5, 0.6) is 0 Å². The molecule has 2 nitrogen and oxygen atoms in total. The van der Waals surface area contributed by atoms with Gasteiger partial charge >= 0.3 is 0 Å². The van der Waals surface area contributed by atoms with Gasteiger partial charge in [0.1, 0.15) is 0 Å². The van der Waals surface area contributed by atoms with Gasteiger partial charge in [0.25, 0.3) is 0 Å². The predicted molar refractivity (Wildman–Crippen MR) is 86.0 cm³/mol. The summed E-state index contributed by atoms with van der Waals surface area (Å²) in [5.41, 5.74) is 1.31. The van der Waals surface area contributed by atoms with E-state index in [9.17, 15) is 4.79 Å². The highest BCUT2D eigenvalue weighted by Crippen LogP contribution is 2.44. The van der Waals surface area contributed by atoms with E-state index < -0.39 is 0 Å². The standard InChI is InChI=1S/C19H27NO/c1-20-15-19(18(20)21,14-17-10-6-3-7-11-17)13-12-16-8-4-2-5-9-16/h2,4-5,8-9,17H,3,6-7,10-15H2,1H3. The molecule has 1 aliphatic carbocycles. The summed E-state index contributed by atoms with van der Waals surface area (Å²) in [5.74, 6) is 1.18. The maximum atomic E-state index is 12.5. The smallest absolute Gasteiger partial charge is 0.230 e. The Balaban J connectivity index is 1.64. The fourth-order valence-corrected chi connectivity index (χ4v) is 4.32. The van der Waals surface area contributed by atoms with Crippen LogP contribution in [0.1, 0.15) is 50.5 Å². The maximum Gasteiger partial charge on any atom is 0.230 e. The molecule has 0 spiro atoms. The number of likely N-dealkylation sites (tertiary alicyclic amines) is 1. The van der Waals surface area contributed by atoms with Gasteiger partial charge in [0.05, 0.1) is 5.41 Å². The van der Waals surface area contributed by atoms with E-state index in [1.807, 2.05) is 11.9 Å². The zero-order valence-corrected chi connectivity index (χ0v) is 13.2. The molecular weight excluding hydrogens is 258 g/mol. The number of nitrogens with zero attached hydrogens (tertiary/aromatic N) is 1. The zero-order chi connectivity index (χ0) is 14.7. The number of rotatable bonds is 5. The van der Waals surface area contributed by atoms with E-state index in [2.05, 4.69) is 30.3 Å². The molecule has 2 fully saturated rings. The monoisotopic (exact) mass is 285 g/mol. The van der Waals surface area contributed by atoms with E-state index in [4.69, 9.17) is 0 Å². The average Bonchev–Trinajstić information content (AvgIpc) is 2.54. The van der Waals surface area contributed by atoms with Gasteiger partial charge in [-0.1, -0.05) is 62.4 Å². The van der Waals surface area contributed by atoms with Crippen LogP contribution >= 0.6 is 0 Å². The fourth-order valence-electron chi connectivity index (χ4n) is 4.32. The van der Waals surface area contributed by atoms with Gasteiger partial charge in [0.2, 0.25) is 5.91 Å². The van der Waals surface area contributed by atoms with Crippen molar-refractivity contribution in [2.24, 2.45) is 11.3 Å². The van der Waals surface area contributed by atoms with Crippen LogP contribution < -0.4 is 0 Å². The van der Waals surface area contributed by atoms with Gasteiger partial charge in [-0.3, -0.25) is 4.79 Å². The SMILES string of the molecule is CN1CC(CCc2ccccc2)(CC2CCCCC2)C1=O. The van der Waals surface area contributed by atoms with Crippen molar-refractivity contribution in [3.8, 4) is 0 Å². The summed E-state index contributed by atoms with van der Waals surface area (Å²) in [6.45, 7) is 0.967. The lowest BCUT2D eigenvalue weighted by atomic mass is 9.66. The summed E-state index contributed by atoms with van der Waals surface area (Å²) in [6, 6.07) is 10.6. The number of hydrogen-bond donors (Lipinski definition) is 0. The number of β-lactam (4-membered cyclic amide) rings is 1. The largest absolute Gasteiger partial charge is 0.344 e. The summed E-state index contributed by atoms with van der Waals surface area (Å²) < 4.78 is 0. The molecule has 1 aliphatic heterocycles. The Morgan fingerprint density at radius 3 is 2.48 bits per heavy atom. The Morgan fingerprint density at radius 2 is 1.86 bits per heavy atom. The third-order valence-electron chi connectivity index (χ3n) is 5.48. The molecule has 1 aromatic carbocycles. The summed E-state index contributed by atoms with van der Waals surface area (Å²) in [5, 5.41) is 0. The molecule has 0 radical (unpaired) electrons. The first-order valence-corrected chi connectivity index (χ1v) is 8.49. The minimum atomic E-state index is -0.0490. The van der Waals surface area contributed by atoms with Gasteiger partial charge < -0.3 is 4.90 Å². The van der Waals surface area contributed by atoms with Gasteiger partial charge in [-0.05, 0) is 30.7 Å². The molecule has 2 heteroatoms. The minimum Gasteiger partial charge on any atom is -0.344 e. The molecule has 21 heavy (non-hydrogen) atoms. The second kappa shape index (κ2) is 6.21. The molecule has 1 saturated carbocycles. The Morgan fingerprint density at radius 1 is 1.14 bits per heavy atom. The van der Waals surface area contributed by atoms with Gasteiger partial charge in [0.15, 0.2) is 0 Å². The van der Waals surface area contributed by atoms with Gasteiger partial charge in [-0.2, -0.15) is 0 Å². The first-order chi connectivity index (χ1) is 10.2. The second-order valence-corrected chi connectivity index (χ2v) is 7.14. The molecule has 1 amide bonds. The first-order valence-electron chi connectivity index (χ1n) is 8.49. The van der Waals surface area contributed by atoms with E-state index in [1.165, 1.54) is 37.7 Å². The summed E-state index contributed by atoms with van der Waals surface area (Å²) in [7, 11) is 1.95. The highest BCUT2D eigenvalue weighted by molar-refractivity contribution is 5.88. The Labute approximate surface area is 128 Å². The second-order valence-electron chi connectivity index (χ2n) is 7.14. The molecule has 2 aliphatic rings. The number of carbonyl (C=O) groups excluding carboxylic acids is 1. The van der Waals surface area contributed by atoms with E-state index in [1.54, 1.807) is 0 Å². The molecule has 0 bridgehead atoms. The molecule has 0 N–H and O–H groups in total. The Kier molecular flexibility index (Phi) is 4.32. The van der Waals surface area contributed by atoms with Gasteiger partial charge in [0, 0.05) is 13.6 Å². The number of aryl methyl sites for hydroxylation is 1. The van der Waals surface area contributed by atoms with Crippen molar-refractivity contribution in [2.75, 3.05) is 13.6 Å². The lowest BCUT2D eigenvalue weighted by molar-refractivity contribution is -0.160. The summed E-state index contributed by atoms with van der Waals surface area (Å²) in [4.78, 5) is 14.4. The zero-order valence-electron chi connectivity index (χ0n) is 13.2. The van der Waals surface area contributed by atoms with E-state index in [0.717, 1.165) is 31.7 Å². The highest BCUT2D eigenvalue weighted by Gasteiger charge is 2.50. The molecule has 0 aromatic heterocycles. The molecular formula is C19H27NO. The Hall–Kier alpha value is -1.31. The van der Waals surface area contributed by atoms with E-state index in [0.29, 0.717) is 5.91 Å². The van der Waals surface area contributed by atoms with Crippen molar-refractivity contribution in [2.45, 2.75) is 51.4 Å². The number of benzene rings is 1. The number of hydrogen-bond acceptors (Lipinski definition) is 1. The summed E-state index contributed by atoms with van der Waals surface area (Å²) >= 11 is 0. The fraction of sp³-hybridized carbons (Fsp3) is 0.632. The van der Waals surface area contributed by atoms with Crippen molar-refractivity contribution in [3.63, 3.8) is 0 Å². The molecule has 3 rings (SSSR count). The van der Waals surface area contributed by atoms with Crippen LogP contribution in [0.2, 0.25) is 0 Å². The van der Waals surface area contributed by atoms with Crippen LogP contribution in [0, 0.1) is 11.3 Å². The third kappa shape index (κ3) is 3.14. The minimum absolute atomic E-state index is 0.0490. The predicted octanol–water partition coefficient (Wildman–Crippen LogP) is 4.05. The first kappa shape index (κ1) is 14.6. The lowest BCUT2D eigenvalue weighted by Gasteiger charge is -2.49. The van der Waals surface area contributed by atoms with Crippen LogP contribution in [0.15, 0.2) is 30.3 Å². The molecule has 1 aromatic rings. The molecule has 1 unspecified atom stereocenters. The van der Waals surface area contributed by atoms with Crippen molar-refractivity contribution >= 4 is 5.91 Å². The van der Waals surface area contributed by atoms with Gasteiger partial charge in [-0.15, -0.1) is 0 Å². The normalized spacial score (nSPS) is 26.7. The van der Waals surface area contributed by atoms with E-state index >= 15 is 0 Å². The highest BCUT2D eigenvalue weighted by atomic mass is 16.2. The van der Waals surface area contributed by atoms with Crippen LogP contribution in [-0.4, -0.2) is 24.4 Å². The van der Waals surface area contributed by atoms with Crippen molar-refractivity contribution < 1.29 is 4.79 Å². The maximum absolute atomic E-state index is 12.5. The van der Waals surface area contributed by atoms with Crippen LogP contribution in [0.4, 0.5) is 0 Å². The van der Waals surface area contributed by atoms with Crippen LogP contribution in [0.3, 0.4) is 0 Å². The van der Waals surface area contributed by atoms with Crippen molar-refractivity contribution in [3.05, 3.63) is 35.9 Å². The number of amides is 1. The van der Waals surface area contributed by atoms with E-state index in [-0.39, 0.29) is 5.41 Å². The molecule has 1 atom stereocenters. The average molecular weight is 285 g/mol. The quantitative estimate of drug-likeness (QED) is 0.747. The van der Waals surface area contributed by atoms with Crippen molar-refractivity contribution in [1.29, 1.82) is 0 Å². The van der Waals surface area contributed by atoms with Crippen LogP contribution in [-0.2, 0) is 11.2 Å². The van der Waals surface area contributed by atoms with Crippen molar-refractivity contribution in [1.82, 2.24) is 4.90 Å². The number of carbonyl (C=O) groups is 1. The van der Waals surface area contributed by atoms with Crippen LogP contribution in [0.25, 0.3) is 0 Å². The topological polar surface area (TPSA) is 20.3 Å². The molecule has 1 saturated heterocycles. The third-order valence-corrected chi connectivity index (χ3v) is 5.48. The van der Waals surface area contributed by atoms with Gasteiger partial charge in [-0.25, -0.2) is 0 Å². The Bertz CT molecular complexity index is 478. The summed E-state index contributed by atoms with van der Waals surface area (Å²) in [6.07, 6.45) is 9.98. The molecule has 1 heterocycles. The molecule has 114 valence electrons.